The average Bonchev–Trinajstić information content (AvgIpc) is 3.10. The van der Waals surface area contributed by atoms with Crippen molar-refractivity contribution in [3.8, 4) is 0 Å². The quantitative estimate of drug-likeness (QED) is 0.833. The van der Waals surface area contributed by atoms with E-state index in [1.54, 1.807) is 45.0 Å². The Morgan fingerprint density at radius 1 is 1.21 bits per heavy atom. The standard InChI is InChI=1S/C17H22N2O4S/c1-4-19(5-2)24(21,22)15-9-6-8-14(12-15)17(20)18-13(3)16-10-7-11-23-16/h6-13H,4-5H2,1-3H3,(H,18,20)/t13-/m0/s1. The summed E-state index contributed by atoms with van der Waals surface area (Å²) in [6.45, 7) is 6.12. The first-order valence-electron chi connectivity index (χ1n) is 7.84. The molecule has 0 aliphatic rings. The molecule has 7 heteroatoms. The van der Waals surface area contributed by atoms with Crippen molar-refractivity contribution in [2.75, 3.05) is 13.1 Å². The highest BCUT2D eigenvalue weighted by atomic mass is 32.2. The summed E-state index contributed by atoms with van der Waals surface area (Å²) in [7, 11) is -3.59. The molecule has 130 valence electrons. The van der Waals surface area contributed by atoms with Crippen LogP contribution in [-0.2, 0) is 10.0 Å². The first-order chi connectivity index (χ1) is 11.4. The Labute approximate surface area is 142 Å². The van der Waals surface area contributed by atoms with E-state index in [0.29, 0.717) is 24.4 Å². The molecule has 2 aromatic rings. The monoisotopic (exact) mass is 350 g/mol. The molecule has 1 amide bonds. The maximum atomic E-state index is 12.6. The van der Waals surface area contributed by atoms with Gasteiger partial charge in [0.25, 0.3) is 5.91 Å². The van der Waals surface area contributed by atoms with E-state index in [0.717, 1.165) is 0 Å². The molecule has 2 rings (SSSR count). The second kappa shape index (κ2) is 7.63. The van der Waals surface area contributed by atoms with E-state index in [4.69, 9.17) is 4.42 Å². The summed E-state index contributed by atoms with van der Waals surface area (Å²) in [6.07, 6.45) is 1.54. The topological polar surface area (TPSA) is 79.6 Å². The van der Waals surface area contributed by atoms with E-state index in [1.165, 1.54) is 22.7 Å². The van der Waals surface area contributed by atoms with Gasteiger partial charge in [0.05, 0.1) is 17.2 Å². The number of hydrogen-bond donors (Lipinski definition) is 1. The number of rotatable bonds is 7. The Hall–Kier alpha value is -2.12. The number of sulfonamides is 1. The highest BCUT2D eigenvalue weighted by Crippen LogP contribution is 2.18. The first-order valence-corrected chi connectivity index (χ1v) is 9.28. The van der Waals surface area contributed by atoms with Gasteiger partial charge in [-0.15, -0.1) is 0 Å². The molecule has 0 unspecified atom stereocenters. The van der Waals surface area contributed by atoms with E-state index in [-0.39, 0.29) is 16.8 Å². The van der Waals surface area contributed by atoms with Gasteiger partial charge in [-0.3, -0.25) is 4.79 Å². The van der Waals surface area contributed by atoms with Crippen LogP contribution in [0.3, 0.4) is 0 Å². The van der Waals surface area contributed by atoms with Gasteiger partial charge in [-0.1, -0.05) is 19.9 Å². The Morgan fingerprint density at radius 3 is 2.50 bits per heavy atom. The number of nitrogens with one attached hydrogen (secondary N) is 1. The minimum Gasteiger partial charge on any atom is -0.467 e. The van der Waals surface area contributed by atoms with Gasteiger partial charge in [0.1, 0.15) is 5.76 Å². The molecule has 0 aliphatic carbocycles. The first kappa shape index (κ1) is 18.2. The number of hydrogen-bond acceptors (Lipinski definition) is 4. The summed E-state index contributed by atoms with van der Waals surface area (Å²) >= 11 is 0. The maximum absolute atomic E-state index is 12.6. The number of amides is 1. The van der Waals surface area contributed by atoms with Gasteiger partial charge in [0.15, 0.2) is 0 Å². The number of nitrogens with zero attached hydrogens (tertiary/aromatic N) is 1. The molecule has 0 spiro atoms. The van der Waals surface area contributed by atoms with Gasteiger partial charge in [-0.25, -0.2) is 8.42 Å². The third kappa shape index (κ3) is 3.85. The van der Waals surface area contributed by atoms with Gasteiger partial charge in [-0.05, 0) is 37.3 Å². The van der Waals surface area contributed by atoms with Crippen LogP contribution >= 0.6 is 0 Å². The zero-order chi connectivity index (χ0) is 17.7. The largest absolute Gasteiger partial charge is 0.467 e. The summed E-state index contributed by atoms with van der Waals surface area (Å²) in [4.78, 5) is 12.5. The lowest BCUT2D eigenvalue weighted by molar-refractivity contribution is 0.0935. The van der Waals surface area contributed by atoms with Crippen LogP contribution in [0.5, 0.6) is 0 Å². The molecule has 1 N–H and O–H groups in total. The second-order valence-corrected chi connectivity index (χ2v) is 7.27. The fourth-order valence-electron chi connectivity index (χ4n) is 2.40. The van der Waals surface area contributed by atoms with Crippen LogP contribution in [0.25, 0.3) is 0 Å². The summed E-state index contributed by atoms with van der Waals surface area (Å²) in [6, 6.07) is 9.27. The Morgan fingerprint density at radius 2 is 1.92 bits per heavy atom. The van der Waals surface area contributed by atoms with Gasteiger partial charge in [0.2, 0.25) is 10.0 Å². The SMILES string of the molecule is CCN(CC)S(=O)(=O)c1cccc(C(=O)N[C@@H](C)c2ccco2)c1. The van der Waals surface area contributed by atoms with Gasteiger partial charge in [0, 0.05) is 18.7 Å². The molecule has 0 saturated heterocycles. The molecular formula is C17H22N2O4S. The highest BCUT2D eigenvalue weighted by Gasteiger charge is 2.23. The second-order valence-electron chi connectivity index (χ2n) is 5.33. The summed E-state index contributed by atoms with van der Waals surface area (Å²) in [5, 5.41) is 2.79. The lowest BCUT2D eigenvalue weighted by Crippen LogP contribution is -2.31. The van der Waals surface area contributed by atoms with Crippen LogP contribution in [0.1, 0.15) is 42.9 Å². The highest BCUT2D eigenvalue weighted by molar-refractivity contribution is 7.89. The minimum atomic E-state index is -3.59. The molecule has 0 fully saturated rings. The molecule has 1 aromatic carbocycles. The van der Waals surface area contributed by atoms with E-state index in [1.807, 2.05) is 0 Å². The third-order valence-corrected chi connectivity index (χ3v) is 5.80. The van der Waals surface area contributed by atoms with Crippen molar-refractivity contribution in [3.63, 3.8) is 0 Å². The predicted molar refractivity (Wildman–Crippen MR) is 91.1 cm³/mol. The smallest absolute Gasteiger partial charge is 0.251 e. The van der Waals surface area contributed by atoms with Crippen LogP contribution in [-0.4, -0.2) is 31.7 Å². The number of carbonyl (C=O) groups is 1. The zero-order valence-electron chi connectivity index (χ0n) is 14.0. The number of carbonyl (C=O) groups excluding carboxylic acids is 1. The predicted octanol–water partition coefficient (Wildman–Crippen LogP) is 2.80. The third-order valence-electron chi connectivity index (χ3n) is 3.76. The number of furan rings is 1. The van der Waals surface area contributed by atoms with Crippen molar-refractivity contribution in [1.82, 2.24) is 9.62 Å². The molecule has 0 radical (unpaired) electrons. The lowest BCUT2D eigenvalue weighted by Gasteiger charge is -2.19. The molecular weight excluding hydrogens is 328 g/mol. The summed E-state index contributed by atoms with van der Waals surface area (Å²) in [5.41, 5.74) is 0.293. The van der Waals surface area contributed by atoms with Crippen molar-refractivity contribution in [2.45, 2.75) is 31.7 Å². The molecule has 0 bridgehead atoms. The van der Waals surface area contributed by atoms with Crippen molar-refractivity contribution >= 4 is 15.9 Å². The van der Waals surface area contributed by atoms with Crippen molar-refractivity contribution in [1.29, 1.82) is 0 Å². The molecule has 6 nitrogen and oxygen atoms in total. The van der Waals surface area contributed by atoms with Crippen molar-refractivity contribution in [3.05, 3.63) is 54.0 Å². The Kier molecular flexibility index (Phi) is 5.80. The van der Waals surface area contributed by atoms with E-state index >= 15 is 0 Å². The fourth-order valence-corrected chi connectivity index (χ4v) is 3.90. The van der Waals surface area contributed by atoms with E-state index in [2.05, 4.69) is 5.32 Å². The maximum Gasteiger partial charge on any atom is 0.251 e. The van der Waals surface area contributed by atoms with Gasteiger partial charge >= 0.3 is 0 Å². The van der Waals surface area contributed by atoms with E-state index < -0.39 is 10.0 Å². The van der Waals surface area contributed by atoms with Crippen molar-refractivity contribution < 1.29 is 17.6 Å². The minimum absolute atomic E-state index is 0.115. The van der Waals surface area contributed by atoms with Gasteiger partial charge in [-0.2, -0.15) is 4.31 Å². The fraction of sp³-hybridized carbons (Fsp3) is 0.353. The van der Waals surface area contributed by atoms with Crippen LogP contribution < -0.4 is 5.32 Å². The normalized spacial score (nSPS) is 13.0. The van der Waals surface area contributed by atoms with Gasteiger partial charge < -0.3 is 9.73 Å². The molecule has 1 atom stereocenters. The Bertz CT molecular complexity index is 781. The van der Waals surface area contributed by atoms with Crippen LogP contribution in [0.2, 0.25) is 0 Å². The zero-order valence-corrected chi connectivity index (χ0v) is 14.8. The lowest BCUT2D eigenvalue weighted by atomic mass is 10.2. The number of benzene rings is 1. The average molecular weight is 350 g/mol. The van der Waals surface area contributed by atoms with Crippen LogP contribution in [0.15, 0.2) is 52.0 Å². The molecule has 0 aliphatic heterocycles. The molecule has 24 heavy (non-hydrogen) atoms. The summed E-state index contributed by atoms with van der Waals surface area (Å²) < 4.78 is 31.7. The Balaban J connectivity index is 2.22. The molecule has 1 aromatic heterocycles. The summed E-state index contributed by atoms with van der Waals surface area (Å²) in [5.74, 6) is 0.283. The molecule has 1 heterocycles. The molecule has 0 saturated carbocycles. The van der Waals surface area contributed by atoms with Crippen LogP contribution in [0, 0.1) is 0 Å². The van der Waals surface area contributed by atoms with Crippen molar-refractivity contribution in [2.24, 2.45) is 0 Å². The van der Waals surface area contributed by atoms with Crippen LogP contribution in [0.4, 0.5) is 0 Å². The van der Waals surface area contributed by atoms with E-state index in [9.17, 15) is 13.2 Å².